The van der Waals surface area contributed by atoms with Gasteiger partial charge in [-0.1, -0.05) is 111 Å². The summed E-state index contributed by atoms with van der Waals surface area (Å²) in [5.41, 5.74) is 11.2. The third kappa shape index (κ3) is 15.8. The topological polar surface area (TPSA) is 256 Å². The fourth-order valence-corrected chi connectivity index (χ4v) is 7.36. The zero-order valence-corrected chi connectivity index (χ0v) is 38.9. The molecule has 7 amide bonds. The molecule has 0 radical (unpaired) electrons. The van der Waals surface area contributed by atoms with Crippen molar-refractivity contribution in [1.29, 1.82) is 0 Å². The van der Waals surface area contributed by atoms with Gasteiger partial charge in [-0.3, -0.25) is 34.3 Å². The highest BCUT2D eigenvalue weighted by Crippen LogP contribution is 2.32. The molecule has 0 bridgehead atoms. The van der Waals surface area contributed by atoms with E-state index >= 15 is 0 Å². The number of carbonyl (C=O) groups is 7. The van der Waals surface area contributed by atoms with Crippen LogP contribution in [0.3, 0.4) is 0 Å². The standard InChI is InChI=1S/C46H70N8O9/c1-27(2)34(25-29(5)42(59)60)53(11)36(45(6,7)8)40(57)52-41(58)37(46(9,10)31-17-14-13-15-18-31)54(12)44(62)63-26-30-20-22-32(23-21-30)50-38(55)33(19-16-24-49-43(48)61)51-39(56)35(47)28(3)4/h13-15,17-18,20-23,25,27-28,33-37H,16,19,24,26,47H2,1-12H3,(H,50,55)(H,51,56)(H,59,60)(H3,48,49,61)(H,52,57,58)/b29-25+/t33-,34+,35-,36+,37+/m0/s1. The van der Waals surface area contributed by atoms with E-state index in [4.69, 9.17) is 16.2 Å². The third-order valence-corrected chi connectivity index (χ3v) is 11.0. The number of carbonyl (C=O) groups excluding carboxylic acids is 6. The Bertz CT molecular complexity index is 1930. The average Bonchev–Trinajstić information content (AvgIpc) is 3.19. The van der Waals surface area contributed by atoms with Crippen molar-refractivity contribution in [2.24, 2.45) is 28.7 Å². The minimum absolute atomic E-state index is 0.0891. The summed E-state index contributed by atoms with van der Waals surface area (Å²) < 4.78 is 5.70. The number of likely N-dealkylation sites (N-methyl/N-ethyl adjacent to an activating group) is 2. The number of hydrogen-bond donors (Lipinski definition) is 7. The van der Waals surface area contributed by atoms with E-state index in [0.717, 1.165) is 10.5 Å². The fourth-order valence-electron chi connectivity index (χ4n) is 7.36. The lowest BCUT2D eigenvalue weighted by atomic mass is 9.76. The highest BCUT2D eigenvalue weighted by atomic mass is 16.6. The van der Waals surface area contributed by atoms with E-state index in [9.17, 15) is 38.7 Å². The van der Waals surface area contributed by atoms with Gasteiger partial charge in [-0.15, -0.1) is 0 Å². The van der Waals surface area contributed by atoms with Crippen LogP contribution in [0.4, 0.5) is 15.3 Å². The first-order chi connectivity index (χ1) is 29.2. The van der Waals surface area contributed by atoms with Crippen LogP contribution in [0.15, 0.2) is 66.2 Å². The lowest BCUT2D eigenvalue weighted by Gasteiger charge is -2.43. The van der Waals surface area contributed by atoms with Crippen molar-refractivity contribution in [3.05, 3.63) is 77.4 Å². The predicted molar refractivity (Wildman–Crippen MR) is 242 cm³/mol. The maximum absolute atomic E-state index is 14.4. The molecule has 17 nitrogen and oxygen atoms in total. The van der Waals surface area contributed by atoms with Gasteiger partial charge in [-0.2, -0.15) is 0 Å². The molecule has 0 saturated carbocycles. The molecule has 63 heavy (non-hydrogen) atoms. The van der Waals surface area contributed by atoms with Crippen LogP contribution in [0.1, 0.15) is 93.2 Å². The molecule has 2 aromatic carbocycles. The number of carboxylic acids is 1. The number of nitrogens with zero attached hydrogens (tertiary/aromatic N) is 2. The summed E-state index contributed by atoms with van der Waals surface area (Å²) in [6.07, 6.45) is 1.30. The molecule has 0 aromatic heterocycles. The second-order valence-corrected chi connectivity index (χ2v) is 18.3. The molecule has 9 N–H and O–H groups in total. The van der Waals surface area contributed by atoms with Gasteiger partial charge in [0.25, 0.3) is 0 Å². The van der Waals surface area contributed by atoms with E-state index in [1.807, 2.05) is 65.0 Å². The van der Waals surface area contributed by atoms with E-state index in [2.05, 4.69) is 21.3 Å². The van der Waals surface area contributed by atoms with Crippen molar-refractivity contribution >= 4 is 47.4 Å². The first kappa shape index (κ1) is 53.3. The molecule has 0 aliphatic rings. The molecule has 0 aliphatic carbocycles. The number of aliphatic carboxylic acids is 1. The number of benzene rings is 2. The molecule has 348 valence electrons. The number of anilines is 1. The van der Waals surface area contributed by atoms with Gasteiger partial charge < -0.3 is 37.3 Å². The van der Waals surface area contributed by atoms with Crippen LogP contribution in [-0.2, 0) is 40.7 Å². The molecule has 0 spiro atoms. The monoisotopic (exact) mass is 879 g/mol. The van der Waals surface area contributed by atoms with E-state index in [1.165, 1.54) is 14.0 Å². The Hall–Kier alpha value is -5.81. The maximum Gasteiger partial charge on any atom is 0.410 e. The summed E-state index contributed by atoms with van der Waals surface area (Å²) in [6, 6.07) is 10.5. The van der Waals surface area contributed by atoms with Crippen molar-refractivity contribution in [1.82, 2.24) is 25.8 Å². The average molecular weight is 879 g/mol. The first-order valence-corrected chi connectivity index (χ1v) is 21.1. The fraction of sp³-hybridized carbons (Fsp3) is 0.543. The molecule has 0 saturated heterocycles. The van der Waals surface area contributed by atoms with Gasteiger partial charge >= 0.3 is 18.1 Å². The normalized spacial score (nSPS) is 14.5. The number of rotatable bonds is 21. The van der Waals surface area contributed by atoms with Crippen molar-refractivity contribution in [3.63, 3.8) is 0 Å². The van der Waals surface area contributed by atoms with E-state index in [0.29, 0.717) is 17.7 Å². The van der Waals surface area contributed by atoms with Crippen LogP contribution in [0.25, 0.3) is 0 Å². The molecule has 0 unspecified atom stereocenters. The van der Waals surface area contributed by atoms with Crippen LogP contribution in [-0.4, -0.2) is 107 Å². The lowest BCUT2D eigenvalue weighted by molar-refractivity contribution is -0.139. The van der Waals surface area contributed by atoms with Gasteiger partial charge in [-0.05, 0) is 67.3 Å². The number of imide groups is 1. The van der Waals surface area contributed by atoms with Gasteiger partial charge in [0.2, 0.25) is 23.6 Å². The number of ether oxygens (including phenoxy) is 1. The Labute approximate surface area is 372 Å². The van der Waals surface area contributed by atoms with Crippen molar-refractivity contribution in [3.8, 4) is 0 Å². The van der Waals surface area contributed by atoms with Crippen molar-refractivity contribution in [2.75, 3.05) is 26.0 Å². The minimum atomic E-state index is -1.25. The van der Waals surface area contributed by atoms with Gasteiger partial charge in [0, 0.05) is 36.3 Å². The van der Waals surface area contributed by atoms with E-state index in [-0.39, 0.29) is 37.0 Å². The highest BCUT2D eigenvalue weighted by molar-refractivity contribution is 6.02. The Morgan fingerprint density at radius 2 is 1.38 bits per heavy atom. The summed E-state index contributed by atoms with van der Waals surface area (Å²) in [4.78, 5) is 94.3. The van der Waals surface area contributed by atoms with Crippen LogP contribution >= 0.6 is 0 Å². The molecule has 0 aliphatic heterocycles. The molecule has 0 heterocycles. The number of amides is 7. The Morgan fingerprint density at radius 3 is 1.89 bits per heavy atom. The number of primary amides is 1. The number of nitrogens with two attached hydrogens (primary N) is 2. The Balaban J connectivity index is 2.33. The molecule has 0 fully saturated rings. The van der Waals surface area contributed by atoms with Crippen LogP contribution in [0, 0.1) is 17.3 Å². The van der Waals surface area contributed by atoms with Crippen molar-refractivity contribution in [2.45, 2.75) is 124 Å². The van der Waals surface area contributed by atoms with Gasteiger partial charge in [0.05, 0.1) is 12.1 Å². The maximum atomic E-state index is 14.4. The van der Waals surface area contributed by atoms with Crippen molar-refractivity contribution < 1.29 is 43.4 Å². The second-order valence-electron chi connectivity index (χ2n) is 18.3. The predicted octanol–water partition coefficient (Wildman–Crippen LogP) is 4.50. The van der Waals surface area contributed by atoms with E-state index in [1.54, 1.807) is 70.0 Å². The molecular formula is C46H70N8O9. The highest BCUT2D eigenvalue weighted by Gasteiger charge is 2.45. The summed E-state index contributed by atoms with van der Waals surface area (Å²) >= 11 is 0. The summed E-state index contributed by atoms with van der Waals surface area (Å²) in [7, 11) is 3.15. The summed E-state index contributed by atoms with van der Waals surface area (Å²) in [6.45, 7) is 18.1. The molecule has 17 heteroatoms. The van der Waals surface area contributed by atoms with Crippen LogP contribution in [0.5, 0.6) is 0 Å². The minimum Gasteiger partial charge on any atom is -0.478 e. The zero-order chi connectivity index (χ0) is 48.0. The summed E-state index contributed by atoms with van der Waals surface area (Å²) in [5, 5.41) is 20.1. The molecule has 2 aromatic rings. The second kappa shape index (κ2) is 23.6. The van der Waals surface area contributed by atoms with Gasteiger partial charge in [-0.25, -0.2) is 14.4 Å². The Morgan fingerprint density at radius 1 is 0.810 bits per heavy atom. The number of nitrogens with one attached hydrogen (secondary N) is 4. The number of carboxylic acid groups (broad SMARTS) is 1. The number of hydrogen-bond acceptors (Lipinski definition) is 10. The zero-order valence-electron chi connectivity index (χ0n) is 38.9. The third-order valence-electron chi connectivity index (χ3n) is 11.0. The molecular weight excluding hydrogens is 809 g/mol. The van der Waals surface area contributed by atoms with Crippen LogP contribution in [0.2, 0.25) is 0 Å². The first-order valence-electron chi connectivity index (χ1n) is 21.1. The largest absolute Gasteiger partial charge is 0.478 e. The SMILES string of the molecule is C/C(=C\[C@H](C(C)C)N(C)[C@H](C(=O)NC(=O)[C@@H](N(C)C(=O)OCc1ccc(NC(=O)[C@H](CCCNC(N)=O)NC(=O)[C@@H](N)C(C)C)cc1)C(C)(C)c1ccccc1)C(C)(C)C)C(=O)O. The number of urea groups is 1. The molecule has 2 rings (SSSR count). The van der Waals surface area contributed by atoms with Gasteiger partial charge in [0.15, 0.2) is 0 Å². The Kier molecular flexibility index (Phi) is 20.0. The lowest BCUT2D eigenvalue weighted by Crippen LogP contribution is -2.62. The van der Waals surface area contributed by atoms with Crippen LogP contribution < -0.4 is 32.7 Å². The molecule has 5 atom stereocenters. The van der Waals surface area contributed by atoms with Gasteiger partial charge in [0.1, 0.15) is 18.7 Å². The van der Waals surface area contributed by atoms with E-state index < -0.39 is 82.8 Å². The smallest absolute Gasteiger partial charge is 0.410 e. The quantitative estimate of drug-likeness (QED) is 0.0679. The summed E-state index contributed by atoms with van der Waals surface area (Å²) in [5.74, 6) is -3.68.